The topological polar surface area (TPSA) is 75.6 Å². The van der Waals surface area contributed by atoms with Crippen molar-refractivity contribution in [3.8, 4) is 5.75 Å². The molecule has 0 saturated heterocycles. The van der Waals surface area contributed by atoms with Crippen LogP contribution in [0.3, 0.4) is 0 Å². The SMILES string of the molecule is O=C(O)COc1ccc(CCNC(=O)CSCC(F)(F)F)cc1. The van der Waals surface area contributed by atoms with E-state index in [0.29, 0.717) is 30.5 Å². The van der Waals surface area contributed by atoms with Crippen LogP contribution in [0.2, 0.25) is 0 Å². The molecule has 1 aromatic carbocycles. The van der Waals surface area contributed by atoms with E-state index in [4.69, 9.17) is 9.84 Å². The molecule has 0 heterocycles. The Bertz CT molecular complexity index is 520. The van der Waals surface area contributed by atoms with E-state index in [1.807, 2.05) is 0 Å². The third-order valence-corrected chi connectivity index (χ3v) is 3.52. The normalized spacial score (nSPS) is 11.1. The van der Waals surface area contributed by atoms with Crippen LogP contribution in [0.1, 0.15) is 5.56 Å². The zero-order valence-electron chi connectivity index (χ0n) is 12.1. The Morgan fingerprint density at radius 1 is 1.22 bits per heavy atom. The summed E-state index contributed by atoms with van der Waals surface area (Å²) in [6.07, 6.45) is -3.76. The van der Waals surface area contributed by atoms with Gasteiger partial charge in [-0.15, -0.1) is 11.8 Å². The Kier molecular flexibility index (Phi) is 7.73. The number of hydrogen-bond donors (Lipinski definition) is 2. The first-order valence-electron chi connectivity index (χ1n) is 6.61. The molecule has 128 valence electrons. The number of ether oxygens (including phenoxy) is 1. The second-order valence-corrected chi connectivity index (χ2v) is 5.52. The van der Waals surface area contributed by atoms with Gasteiger partial charge in [0, 0.05) is 6.54 Å². The molecule has 5 nitrogen and oxygen atoms in total. The maximum Gasteiger partial charge on any atom is 0.397 e. The van der Waals surface area contributed by atoms with Crippen LogP contribution >= 0.6 is 11.8 Å². The summed E-state index contributed by atoms with van der Waals surface area (Å²) in [6, 6.07) is 6.67. The predicted octanol–water partition coefficient (Wildman–Crippen LogP) is 2.10. The second kappa shape index (κ2) is 9.29. The van der Waals surface area contributed by atoms with Crippen molar-refractivity contribution in [3.05, 3.63) is 29.8 Å². The standard InChI is InChI=1S/C14H16F3NO4S/c15-14(16,17)9-23-8-12(19)18-6-5-10-1-3-11(4-2-10)22-7-13(20)21/h1-4H,5-9H2,(H,18,19)(H,20,21). The quantitative estimate of drug-likeness (QED) is 0.713. The number of hydrogen-bond acceptors (Lipinski definition) is 4. The minimum absolute atomic E-state index is 0.235. The van der Waals surface area contributed by atoms with E-state index in [0.717, 1.165) is 5.56 Å². The van der Waals surface area contributed by atoms with Crippen molar-refractivity contribution in [3.63, 3.8) is 0 Å². The molecule has 0 aliphatic rings. The van der Waals surface area contributed by atoms with Gasteiger partial charge < -0.3 is 15.2 Å². The highest BCUT2D eigenvalue weighted by molar-refractivity contribution is 8.00. The molecule has 0 spiro atoms. The Labute approximate surface area is 135 Å². The van der Waals surface area contributed by atoms with Gasteiger partial charge in [0.25, 0.3) is 0 Å². The first-order chi connectivity index (χ1) is 10.8. The molecule has 0 aliphatic heterocycles. The van der Waals surface area contributed by atoms with E-state index in [9.17, 15) is 22.8 Å². The fourth-order valence-electron chi connectivity index (χ4n) is 1.55. The molecule has 9 heteroatoms. The molecule has 0 fully saturated rings. The van der Waals surface area contributed by atoms with Gasteiger partial charge in [-0.25, -0.2) is 4.79 Å². The molecule has 0 radical (unpaired) electrons. The van der Waals surface area contributed by atoms with E-state index in [1.54, 1.807) is 24.3 Å². The molecule has 1 amide bonds. The van der Waals surface area contributed by atoms with Gasteiger partial charge in [-0.05, 0) is 24.1 Å². The number of carboxylic acids is 1. The summed E-state index contributed by atoms with van der Waals surface area (Å²) < 4.78 is 40.7. The number of rotatable bonds is 9. The summed E-state index contributed by atoms with van der Waals surface area (Å²) in [7, 11) is 0. The summed E-state index contributed by atoms with van der Waals surface area (Å²) in [4.78, 5) is 21.7. The van der Waals surface area contributed by atoms with Crippen LogP contribution in [-0.4, -0.2) is 47.8 Å². The maximum atomic E-state index is 11.9. The van der Waals surface area contributed by atoms with E-state index in [-0.39, 0.29) is 5.75 Å². The number of carbonyl (C=O) groups is 2. The Balaban J connectivity index is 2.22. The number of halogens is 3. The van der Waals surface area contributed by atoms with Crippen LogP contribution in [0.25, 0.3) is 0 Å². The molecule has 0 bridgehead atoms. The number of alkyl halides is 3. The lowest BCUT2D eigenvalue weighted by Gasteiger charge is -2.08. The molecule has 1 rings (SSSR count). The first kappa shape index (κ1) is 19.1. The average molecular weight is 351 g/mol. The van der Waals surface area contributed by atoms with Crippen molar-refractivity contribution in [2.24, 2.45) is 0 Å². The lowest BCUT2D eigenvalue weighted by atomic mass is 10.1. The minimum Gasteiger partial charge on any atom is -0.482 e. The molecular formula is C14H16F3NO4S. The molecule has 0 aromatic heterocycles. The fourth-order valence-corrected chi connectivity index (χ4v) is 2.18. The molecular weight excluding hydrogens is 335 g/mol. The number of benzene rings is 1. The number of nitrogens with one attached hydrogen (secondary N) is 1. The van der Waals surface area contributed by atoms with E-state index in [1.165, 1.54) is 0 Å². The third-order valence-electron chi connectivity index (χ3n) is 2.52. The number of carboxylic acid groups (broad SMARTS) is 1. The molecule has 23 heavy (non-hydrogen) atoms. The highest BCUT2D eigenvalue weighted by Gasteiger charge is 2.27. The number of carbonyl (C=O) groups excluding carboxylic acids is 1. The average Bonchev–Trinajstić information content (AvgIpc) is 2.45. The number of thioether (sulfide) groups is 1. The van der Waals surface area contributed by atoms with Gasteiger partial charge in [-0.1, -0.05) is 12.1 Å². The second-order valence-electron chi connectivity index (χ2n) is 4.53. The summed E-state index contributed by atoms with van der Waals surface area (Å²) in [6.45, 7) is -0.119. The van der Waals surface area contributed by atoms with Gasteiger partial charge >= 0.3 is 12.1 Å². The lowest BCUT2D eigenvalue weighted by molar-refractivity contribution is -0.139. The maximum absolute atomic E-state index is 11.9. The van der Waals surface area contributed by atoms with Gasteiger partial charge in [0.1, 0.15) is 5.75 Å². The van der Waals surface area contributed by atoms with Crippen molar-refractivity contribution in [2.45, 2.75) is 12.6 Å². The molecule has 0 atom stereocenters. The van der Waals surface area contributed by atoms with Crippen molar-refractivity contribution in [2.75, 3.05) is 24.7 Å². The van der Waals surface area contributed by atoms with Crippen molar-refractivity contribution in [1.82, 2.24) is 5.32 Å². The van der Waals surface area contributed by atoms with Crippen molar-refractivity contribution < 1.29 is 32.6 Å². The largest absolute Gasteiger partial charge is 0.482 e. The van der Waals surface area contributed by atoms with E-state index in [2.05, 4.69) is 5.32 Å². The van der Waals surface area contributed by atoms with Gasteiger partial charge in [-0.2, -0.15) is 13.2 Å². The number of amides is 1. The van der Waals surface area contributed by atoms with Crippen molar-refractivity contribution in [1.29, 1.82) is 0 Å². The summed E-state index contributed by atoms with van der Waals surface area (Å²) in [5.74, 6) is -2.37. The molecule has 1 aromatic rings. The van der Waals surface area contributed by atoms with Gasteiger partial charge in [0.15, 0.2) is 6.61 Å². The highest BCUT2D eigenvalue weighted by atomic mass is 32.2. The van der Waals surface area contributed by atoms with E-state index < -0.39 is 30.4 Å². The van der Waals surface area contributed by atoms with Gasteiger partial charge in [0.05, 0.1) is 11.5 Å². The lowest BCUT2D eigenvalue weighted by Crippen LogP contribution is -2.28. The highest BCUT2D eigenvalue weighted by Crippen LogP contribution is 2.20. The smallest absolute Gasteiger partial charge is 0.397 e. The number of aliphatic carboxylic acids is 1. The predicted molar refractivity (Wildman–Crippen MR) is 79.7 cm³/mol. The summed E-state index contributed by atoms with van der Waals surface area (Å²) >= 11 is 0.523. The fraction of sp³-hybridized carbons (Fsp3) is 0.429. The molecule has 0 aliphatic carbocycles. The van der Waals surface area contributed by atoms with Crippen molar-refractivity contribution >= 4 is 23.6 Å². The summed E-state index contributed by atoms with van der Waals surface area (Å²) in [5.41, 5.74) is 0.885. The van der Waals surface area contributed by atoms with Crippen LogP contribution in [0.5, 0.6) is 5.75 Å². The zero-order valence-corrected chi connectivity index (χ0v) is 12.9. The third kappa shape index (κ3) is 9.67. The zero-order chi connectivity index (χ0) is 17.3. The van der Waals surface area contributed by atoms with Crippen LogP contribution < -0.4 is 10.1 Å². The Morgan fingerprint density at radius 3 is 2.43 bits per heavy atom. The molecule has 0 unspecified atom stereocenters. The Hall–Kier alpha value is -1.90. The van der Waals surface area contributed by atoms with Crippen LogP contribution in [-0.2, 0) is 16.0 Å². The van der Waals surface area contributed by atoms with Gasteiger partial charge in [-0.3, -0.25) is 4.79 Å². The van der Waals surface area contributed by atoms with E-state index >= 15 is 0 Å². The van der Waals surface area contributed by atoms with Gasteiger partial charge in [0.2, 0.25) is 5.91 Å². The Morgan fingerprint density at radius 2 is 1.87 bits per heavy atom. The molecule has 2 N–H and O–H groups in total. The first-order valence-corrected chi connectivity index (χ1v) is 7.76. The summed E-state index contributed by atoms with van der Waals surface area (Å²) in [5, 5.41) is 11.0. The molecule has 0 saturated carbocycles. The van der Waals surface area contributed by atoms with Crippen LogP contribution in [0.15, 0.2) is 24.3 Å². The minimum atomic E-state index is -4.27. The van der Waals surface area contributed by atoms with Crippen LogP contribution in [0, 0.1) is 0 Å². The van der Waals surface area contributed by atoms with Crippen LogP contribution in [0.4, 0.5) is 13.2 Å². The monoisotopic (exact) mass is 351 g/mol.